The third-order valence-electron chi connectivity index (χ3n) is 6.92. The summed E-state index contributed by atoms with van der Waals surface area (Å²) < 4.78 is 65.9. The van der Waals surface area contributed by atoms with Gasteiger partial charge in [0.15, 0.2) is 9.84 Å². The summed E-state index contributed by atoms with van der Waals surface area (Å²) in [6, 6.07) is 9.16. The van der Waals surface area contributed by atoms with Gasteiger partial charge in [-0.15, -0.1) is 0 Å². The molecule has 182 valence electrons. The van der Waals surface area contributed by atoms with Crippen LogP contribution < -0.4 is 0 Å². The largest absolute Gasteiger partial charge is 0.416 e. The van der Waals surface area contributed by atoms with Crippen LogP contribution in [0.3, 0.4) is 0 Å². The topological polar surface area (TPSA) is 71.8 Å². The Kier molecular flexibility index (Phi) is 6.00. The first-order valence-electron chi connectivity index (χ1n) is 11.0. The summed E-state index contributed by atoms with van der Waals surface area (Å²) in [6.07, 6.45) is -1.76. The second-order valence-corrected chi connectivity index (χ2v) is 11.7. The summed E-state index contributed by atoms with van der Waals surface area (Å²) >= 11 is 0. The number of carbonyl (C=O) groups excluding carboxylic acids is 1. The van der Waals surface area contributed by atoms with E-state index in [1.807, 2.05) is 35.7 Å². The third-order valence-corrected chi connectivity index (χ3v) is 9.53. The molecular formula is C24H26F3N3O3S. The normalized spacial score (nSPS) is 16.2. The van der Waals surface area contributed by atoms with Gasteiger partial charge in [-0.1, -0.05) is 6.07 Å². The lowest BCUT2D eigenvalue weighted by Gasteiger charge is -2.40. The predicted octanol–water partition coefficient (Wildman–Crippen LogP) is 4.77. The Morgan fingerprint density at radius 1 is 1.03 bits per heavy atom. The number of imidazole rings is 1. The number of alkyl halides is 3. The molecule has 0 unspecified atom stereocenters. The van der Waals surface area contributed by atoms with Gasteiger partial charge in [0, 0.05) is 19.3 Å². The van der Waals surface area contributed by atoms with Gasteiger partial charge < -0.3 is 9.30 Å². The van der Waals surface area contributed by atoms with Gasteiger partial charge in [0.2, 0.25) is 0 Å². The molecule has 3 aromatic rings. The van der Waals surface area contributed by atoms with E-state index in [1.54, 1.807) is 18.7 Å². The van der Waals surface area contributed by atoms with Gasteiger partial charge in [0.05, 0.1) is 20.9 Å². The zero-order valence-corrected chi connectivity index (χ0v) is 19.9. The average Bonchev–Trinajstić information content (AvgIpc) is 3.14. The number of sulfone groups is 1. The van der Waals surface area contributed by atoms with Gasteiger partial charge in [-0.05, 0) is 75.9 Å². The average molecular weight is 494 g/mol. The van der Waals surface area contributed by atoms with Crippen molar-refractivity contribution in [1.82, 2.24) is 14.3 Å². The molecule has 3 heterocycles. The van der Waals surface area contributed by atoms with Crippen LogP contribution in [-0.2, 0) is 16.0 Å². The number of aromatic nitrogens is 2. The molecular weight excluding hydrogens is 467 g/mol. The highest BCUT2D eigenvalue weighted by Gasteiger charge is 2.44. The number of likely N-dealkylation sites (tertiary alicyclic amines) is 1. The standard InChI is InChI=1S/C24H26F3N3O3S/c1-16-21(28-20-6-4-5-13-30(16)20)22(31)29-14-11-17(12-15-29)23(2,3)34(32,33)19-9-7-18(8-10-19)24(25,26)27/h4-10,13,17H,11-12,14-15H2,1-3H3. The van der Waals surface area contributed by atoms with Crippen LogP contribution in [0.5, 0.6) is 0 Å². The summed E-state index contributed by atoms with van der Waals surface area (Å²) in [5.41, 5.74) is 0.912. The number of carbonyl (C=O) groups is 1. The lowest BCUT2D eigenvalue weighted by molar-refractivity contribution is -0.137. The Balaban J connectivity index is 1.49. The number of hydrogen-bond acceptors (Lipinski definition) is 4. The second-order valence-electron chi connectivity index (χ2n) is 9.17. The summed E-state index contributed by atoms with van der Waals surface area (Å²) in [4.78, 5) is 19.1. The van der Waals surface area contributed by atoms with Crippen molar-refractivity contribution in [3.8, 4) is 0 Å². The van der Waals surface area contributed by atoms with Crippen LogP contribution in [0, 0.1) is 12.8 Å². The maximum Gasteiger partial charge on any atom is 0.416 e. The number of aryl methyl sites for hydroxylation is 1. The van der Waals surface area contributed by atoms with Crippen LogP contribution in [-0.4, -0.2) is 46.4 Å². The zero-order valence-electron chi connectivity index (χ0n) is 19.1. The molecule has 1 aliphatic heterocycles. The molecule has 6 nitrogen and oxygen atoms in total. The smallest absolute Gasteiger partial charge is 0.337 e. The number of piperidine rings is 1. The molecule has 1 aliphatic rings. The molecule has 0 radical (unpaired) electrons. The van der Waals surface area contributed by atoms with E-state index in [-0.39, 0.29) is 16.7 Å². The van der Waals surface area contributed by atoms with Crippen LogP contribution in [0.25, 0.3) is 5.65 Å². The zero-order chi connectivity index (χ0) is 24.9. The minimum absolute atomic E-state index is 0.135. The molecule has 0 aliphatic carbocycles. The molecule has 1 amide bonds. The molecule has 0 spiro atoms. The van der Waals surface area contributed by atoms with Crippen molar-refractivity contribution >= 4 is 21.4 Å². The molecule has 0 saturated carbocycles. The molecule has 0 N–H and O–H groups in total. The summed E-state index contributed by atoms with van der Waals surface area (Å²) in [7, 11) is -3.90. The Hall–Kier alpha value is -2.88. The minimum Gasteiger partial charge on any atom is -0.337 e. The fraction of sp³-hybridized carbons (Fsp3) is 0.417. The van der Waals surface area contributed by atoms with Gasteiger partial charge in [-0.2, -0.15) is 13.2 Å². The Bertz CT molecular complexity index is 1320. The number of hydrogen-bond donors (Lipinski definition) is 0. The number of rotatable bonds is 4. The Morgan fingerprint density at radius 3 is 2.21 bits per heavy atom. The summed E-state index contributed by atoms with van der Waals surface area (Å²) in [6.45, 7) is 5.80. The highest BCUT2D eigenvalue weighted by Crippen LogP contribution is 2.39. The number of pyridine rings is 1. The van der Waals surface area contributed by atoms with Crippen LogP contribution in [0.4, 0.5) is 13.2 Å². The number of fused-ring (bicyclic) bond motifs is 1. The number of amides is 1. The summed E-state index contributed by atoms with van der Waals surface area (Å²) in [5, 5.41) is 0. The first-order chi connectivity index (χ1) is 15.8. The van der Waals surface area contributed by atoms with Crippen molar-refractivity contribution in [2.75, 3.05) is 13.1 Å². The predicted molar refractivity (Wildman–Crippen MR) is 121 cm³/mol. The molecule has 4 rings (SSSR count). The van der Waals surface area contributed by atoms with E-state index in [4.69, 9.17) is 0 Å². The quantitative estimate of drug-likeness (QED) is 0.525. The summed E-state index contributed by atoms with van der Waals surface area (Å²) in [5.74, 6) is -0.450. The second kappa shape index (κ2) is 8.41. The van der Waals surface area contributed by atoms with Crippen molar-refractivity contribution in [1.29, 1.82) is 0 Å². The third kappa shape index (κ3) is 4.08. The van der Waals surface area contributed by atoms with Crippen LogP contribution >= 0.6 is 0 Å². The molecule has 2 aromatic heterocycles. The van der Waals surface area contributed by atoms with Crippen molar-refractivity contribution in [2.45, 2.75) is 49.4 Å². The van der Waals surface area contributed by atoms with E-state index < -0.39 is 26.3 Å². The molecule has 1 fully saturated rings. The highest BCUT2D eigenvalue weighted by molar-refractivity contribution is 7.92. The van der Waals surface area contributed by atoms with Crippen molar-refractivity contribution < 1.29 is 26.4 Å². The number of nitrogens with zero attached hydrogens (tertiary/aromatic N) is 3. The van der Waals surface area contributed by atoms with E-state index in [2.05, 4.69) is 4.98 Å². The molecule has 0 bridgehead atoms. The van der Waals surface area contributed by atoms with Crippen molar-refractivity contribution in [3.05, 3.63) is 65.6 Å². The van der Waals surface area contributed by atoms with Gasteiger partial charge in [0.1, 0.15) is 11.3 Å². The fourth-order valence-electron chi connectivity index (χ4n) is 4.59. The van der Waals surface area contributed by atoms with Crippen molar-refractivity contribution in [2.24, 2.45) is 5.92 Å². The van der Waals surface area contributed by atoms with E-state index >= 15 is 0 Å². The highest BCUT2D eigenvalue weighted by atomic mass is 32.2. The lowest BCUT2D eigenvalue weighted by Crippen LogP contribution is -2.47. The number of benzene rings is 1. The van der Waals surface area contributed by atoms with Gasteiger partial charge in [-0.25, -0.2) is 13.4 Å². The van der Waals surface area contributed by atoms with Crippen LogP contribution in [0.2, 0.25) is 0 Å². The van der Waals surface area contributed by atoms with Gasteiger partial charge in [0.25, 0.3) is 5.91 Å². The number of halogens is 3. The van der Waals surface area contributed by atoms with E-state index in [0.717, 1.165) is 30.0 Å². The maximum atomic E-state index is 13.3. The Labute approximate surface area is 196 Å². The molecule has 1 saturated heterocycles. The van der Waals surface area contributed by atoms with Crippen LogP contribution in [0.15, 0.2) is 53.6 Å². The van der Waals surface area contributed by atoms with Crippen LogP contribution in [0.1, 0.15) is 48.4 Å². The monoisotopic (exact) mass is 493 g/mol. The SMILES string of the molecule is Cc1c(C(=O)N2CCC(C(C)(C)S(=O)(=O)c3ccc(C(F)(F)F)cc3)CC2)nc2ccccn12. The maximum absolute atomic E-state index is 13.3. The minimum atomic E-state index is -4.53. The molecule has 1 aromatic carbocycles. The Morgan fingerprint density at radius 2 is 1.65 bits per heavy atom. The van der Waals surface area contributed by atoms with Gasteiger partial charge in [-0.3, -0.25) is 4.79 Å². The lowest BCUT2D eigenvalue weighted by atomic mass is 9.85. The van der Waals surface area contributed by atoms with E-state index in [0.29, 0.717) is 37.3 Å². The van der Waals surface area contributed by atoms with Crippen molar-refractivity contribution in [3.63, 3.8) is 0 Å². The molecule has 0 atom stereocenters. The van der Waals surface area contributed by atoms with E-state index in [9.17, 15) is 26.4 Å². The first kappa shape index (κ1) is 24.3. The first-order valence-corrected chi connectivity index (χ1v) is 12.5. The molecule has 34 heavy (non-hydrogen) atoms. The van der Waals surface area contributed by atoms with Gasteiger partial charge >= 0.3 is 6.18 Å². The molecule has 10 heteroatoms. The van der Waals surface area contributed by atoms with E-state index in [1.165, 1.54) is 0 Å². The fourth-order valence-corrected chi connectivity index (χ4v) is 6.37.